The van der Waals surface area contributed by atoms with Gasteiger partial charge in [-0.3, -0.25) is 14.7 Å². The van der Waals surface area contributed by atoms with Crippen LogP contribution in [0.4, 0.5) is 5.13 Å². The first-order valence-corrected chi connectivity index (χ1v) is 14.4. The van der Waals surface area contributed by atoms with Crippen LogP contribution in [-0.2, 0) is 26.0 Å². The summed E-state index contributed by atoms with van der Waals surface area (Å²) >= 11 is 1.37. The maximum atomic E-state index is 13.8. The van der Waals surface area contributed by atoms with Gasteiger partial charge in [0.25, 0.3) is 5.91 Å². The molecule has 0 atom stereocenters. The summed E-state index contributed by atoms with van der Waals surface area (Å²) < 4.78 is 44.3. The van der Waals surface area contributed by atoms with Crippen molar-refractivity contribution in [3.8, 4) is 5.75 Å². The minimum Gasteiger partial charge on any atom is -0.494 e. The Morgan fingerprint density at radius 3 is 2.28 bits per heavy atom. The van der Waals surface area contributed by atoms with Crippen LogP contribution in [0.3, 0.4) is 0 Å². The van der Waals surface area contributed by atoms with Gasteiger partial charge in [0.1, 0.15) is 11.3 Å². The first-order chi connectivity index (χ1) is 18.9. The molecule has 10 nitrogen and oxygen atoms in total. The Morgan fingerprint density at radius 2 is 1.67 bits per heavy atom. The molecule has 39 heavy (non-hydrogen) atoms. The number of anilines is 1. The monoisotopic (exact) mass is 570 g/mol. The molecule has 2 aromatic carbocycles. The molecule has 0 radical (unpaired) electrons. The van der Waals surface area contributed by atoms with Gasteiger partial charge in [-0.2, -0.15) is 4.31 Å². The largest absolute Gasteiger partial charge is 0.494 e. The molecule has 0 bridgehead atoms. The fourth-order valence-corrected chi connectivity index (χ4v) is 6.29. The lowest BCUT2D eigenvalue weighted by Gasteiger charge is -2.22. The summed E-state index contributed by atoms with van der Waals surface area (Å²) in [5, 5.41) is 0.491. The molecule has 4 aromatic rings. The number of para-hydroxylation sites is 1. The number of amides is 1. The highest BCUT2D eigenvalue weighted by Gasteiger charge is 2.26. The topological polar surface area (TPSA) is 111 Å². The second kappa shape index (κ2) is 13.1. The molecular formula is C27H30N4O6S2. The Balaban J connectivity index is 1.66. The summed E-state index contributed by atoms with van der Waals surface area (Å²) in [6.45, 7) is 1.09. The van der Waals surface area contributed by atoms with E-state index >= 15 is 0 Å². The predicted molar refractivity (Wildman–Crippen MR) is 150 cm³/mol. The number of ether oxygens (including phenoxy) is 3. The minimum atomic E-state index is -3.82. The molecule has 12 heteroatoms. The van der Waals surface area contributed by atoms with Crippen LogP contribution < -0.4 is 9.64 Å². The summed E-state index contributed by atoms with van der Waals surface area (Å²) in [6.07, 6.45) is 3.36. The zero-order chi connectivity index (χ0) is 27.8. The molecular weight excluding hydrogens is 540 g/mol. The van der Waals surface area contributed by atoms with Crippen molar-refractivity contribution in [2.75, 3.05) is 52.5 Å². The van der Waals surface area contributed by atoms with E-state index in [4.69, 9.17) is 19.2 Å². The number of hydrogen-bond donors (Lipinski definition) is 0. The molecule has 0 unspecified atom stereocenters. The van der Waals surface area contributed by atoms with E-state index in [0.29, 0.717) is 22.0 Å². The molecule has 2 aromatic heterocycles. The van der Waals surface area contributed by atoms with Crippen molar-refractivity contribution in [2.45, 2.75) is 11.4 Å². The molecule has 2 heterocycles. The number of fused-ring (bicyclic) bond motifs is 1. The van der Waals surface area contributed by atoms with Crippen LogP contribution in [0.1, 0.15) is 15.9 Å². The number of hydrogen-bond acceptors (Lipinski definition) is 9. The highest BCUT2D eigenvalue weighted by molar-refractivity contribution is 7.89. The average Bonchev–Trinajstić information content (AvgIpc) is 3.40. The standard InChI is InChI=1S/C27H30N4O6S2/c1-35-16-14-30(15-17-36-2)39(33,34)22-11-9-21(10-12-22)26(32)31(19-20-6-5-13-28-18-20)27-29-25-23(37-3)7-4-8-24(25)38-27/h4-13,18H,14-17,19H2,1-3H3. The minimum absolute atomic E-state index is 0.0785. The second-order valence-electron chi connectivity index (χ2n) is 8.47. The number of rotatable bonds is 13. The van der Waals surface area contributed by atoms with Crippen LogP contribution in [0, 0.1) is 0 Å². The van der Waals surface area contributed by atoms with Gasteiger partial charge in [-0.1, -0.05) is 23.5 Å². The molecule has 0 saturated carbocycles. The molecule has 1 amide bonds. The number of sulfonamides is 1. The van der Waals surface area contributed by atoms with E-state index in [1.54, 1.807) is 30.5 Å². The number of pyridine rings is 1. The summed E-state index contributed by atoms with van der Waals surface area (Å²) in [4.78, 5) is 24.3. The number of carbonyl (C=O) groups is 1. The van der Waals surface area contributed by atoms with Gasteiger partial charge in [-0.25, -0.2) is 13.4 Å². The van der Waals surface area contributed by atoms with E-state index in [1.807, 2.05) is 24.3 Å². The van der Waals surface area contributed by atoms with E-state index in [2.05, 4.69) is 4.98 Å². The predicted octanol–water partition coefficient (Wildman–Crippen LogP) is 3.83. The average molecular weight is 571 g/mol. The quantitative estimate of drug-likeness (QED) is 0.239. The molecule has 0 aliphatic heterocycles. The summed E-state index contributed by atoms with van der Waals surface area (Å²) in [5.74, 6) is 0.293. The van der Waals surface area contributed by atoms with Crippen LogP contribution >= 0.6 is 11.3 Å². The first-order valence-electron chi connectivity index (χ1n) is 12.1. The van der Waals surface area contributed by atoms with E-state index in [1.165, 1.54) is 54.1 Å². The van der Waals surface area contributed by atoms with Crippen LogP contribution in [0.25, 0.3) is 10.2 Å². The summed E-state index contributed by atoms with van der Waals surface area (Å²) in [6, 6.07) is 15.2. The van der Waals surface area contributed by atoms with E-state index in [0.717, 1.165) is 10.3 Å². The highest BCUT2D eigenvalue weighted by Crippen LogP contribution is 2.35. The highest BCUT2D eigenvalue weighted by atomic mass is 32.2. The second-order valence-corrected chi connectivity index (χ2v) is 11.4. The normalized spacial score (nSPS) is 11.7. The lowest BCUT2D eigenvalue weighted by molar-refractivity contribution is 0.0985. The fourth-order valence-electron chi connectivity index (χ4n) is 3.91. The third-order valence-electron chi connectivity index (χ3n) is 5.96. The Hall–Kier alpha value is -3.42. The number of carbonyl (C=O) groups excluding carboxylic acids is 1. The maximum absolute atomic E-state index is 13.8. The van der Waals surface area contributed by atoms with Gasteiger partial charge >= 0.3 is 0 Å². The molecule has 0 spiro atoms. The summed E-state index contributed by atoms with van der Waals surface area (Å²) in [5.41, 5.74) is 1.81. The Kier molecular flexibility index (Phi) is 9.59. The van der Waals surface area contributed by atoms with Crippen LogP contribution in [0.5, 0.6) is 5.75 Å². The van der Waals surface area contributed by atoms with Gasteiger partial charge in [0.05, 0.1) is 36.5 Å². The Morgan fingerprint density at radius 1 is 0.949 bits per heavy atom. The molecule has 0 N–H and O–H groups in total. The van der Waals surface area contributed by atoms with Gasteiger partial charge in [0.2, 0.25) is 10.0 Å². The summed E-state index contributed by atoms with van der Waals surface area (Å²) in [7, 11) is 0.787. The van der Waals surface area contributed by atoms with Crippen molar-refractivity contribution in [1.82, 2.24) is 14.3 Å². The van der Waals surface area contributed by atoms with Crippen LogP contribution in [0.15, 0.2) is 71.9 Å². The Labute approximate surface area is 231 Å². The maximum Gasteiger partial charge on any atom is 0.260 e. The van der Waals surface area contributed by atoms with Gasteiger partial charge in [0, 0.05) is 45.3 Å². The van der Waals surface area contributed by atoms with Crippen molar-refractivity contribution in [1.29, 1.82) is 0 Å². The molecule has 206 valence electrons. The van der Waals surface area contributed by atoms with Gasteiger partial charge in [-0.15, -0.1) is 0 Å². The van der Waals surface area contributed by atoms with E-state index in [-0.39, 0.29) is 43.7 Å². The van der Waals surface area contributed by atoms with E-state index < -0.39 is 10.0 Å². The molecule has 0 saturated heterocycles. The van der Waals surface area contributed by atoms with Crippen LogP contribution in [-0.4, -0.2) is 76.2 Å². The van der Waals surface area contributed by atoms with Gasteiger partial charge in [0.15, 0.2) is 5.13 Å². The van der Waals surface area contributed by atoms with Gasteiger partial charge in [-0.05, 0) is 48.0 Å². The lowest BCUT2D eigenvalue weighted by atomic mass is 10.2. The number of nitrogens with zero attached hydrogens (tertiary/aromatic N) is 4. The smallest absolute Gasteiger partial charge is 0.260 e. The molecule has 0 fully saturated rings. The van der Waals surface area contributed by atoms with Crippen LogP contribution in [0.2, 0.25) is 0 Å². The van der Waals surface area contributed by atoms with Crippen molar-refractivity contribution >= 4 is 42.6 Å². The number of aromatic nitrogens is 2. The molecule has 4 rings (SSSR count). The zero-order valence-corrected chi connectivity index (χ0v) is 23.6. The number of benzene rings is 2. The number of methoxy groups -OCH3 is 3. The van der Waals surface area contributed by atoms with Crippen molar-refractivity contribution < 1.29 is 27.4 Å². The van der Waals surface area contributed by atoms with E-state index in [9.17, 15) is 13.2 Å². The van der Waals surface area contributed by atoms with Crippen molar-refractivity contribution in [3.05, 3.63) is 78.1 Å². The first kappa shape index (κ1) is 28.6. The third kappa shape index (κ3) is 6.60. The SMILES string of the molecule is COCCN(CCOC)S(=O)(=O)c1ccc(C(=O)N(Cc2cccnc2)c2nc3c(OC)cccc3s2)cc1. The fraction of sp³-hybridized carbons (Fsp3) is 0.296. The lowest BCUT2D eigenvalue weighted by Crippen LogP contribution is -2.36. The molecule has 0 aliphatic rings. The van der Waals surface area contributed by atoms with Gasteiger partial charge < -0.3 is 14.2 Å². The molecule has 0 aliphatic carbocycles. The van der Waals surface area contributed by atoms with Crippen molar-refractivity contribution in [2.24, 2.45) is 0 Å². The van der Waals surface area contributed by atoms with Crippen molar-refractivity contribution in [3.63, 3.8) is 0 Å². The third-order valence-corrected chi connectivity index (χ3v) is 8.92. The zero-order valence-electron chi connectivity index (χ0n) is 21.9. The number of thiazole rings is 1. The Bertz CT molecular complexity index is 1490.